The summed E-state index contributed by atoms with van der Waals surface area (Å²) in [4.78, 5) is 14.9. The second kappa shape index (κ2) is 9.14. The molecule has 1 aliphatic heterocycles. The number of aromatic amines is 1. The zero-order chi connectivity index (χ0) is 22.9. The maximum Gasteiger partial charge on any atom is 0.217 e. The zero-order valence-electron chi connectivity index (χ0n) is 18.6. The largest absolute Gasteiger partial charge is 0.390 e. The second-order valence-corrected chi connectivity index (χ2v) is 10.4. The summed E-state index contributed by atoms with van der Waals surface area (Å²) in [7, 11) is -0.372. The number of ether oxygens (including phenoxy) is 1. The van der Waals surface area contributed by atoms with E-state index in [1.54, 1.807) is 12.1 Å². The van der Waals surface area contributed by atoms with Crippen molar-refractivity contribution in [1.29, 1.82) is 0 Å². The molecule has 172 valence electrons. The summed E-state index contributed by atoms with van der Waals surface area (Å²) in [6.07, 6.45) is 0.898. The predicted octanol–water partition coefficient (Wildman–Crippen LogP) is 2.12. The molecule has 0 radical (unpaired) electrons. The molecule has 0 unspecified atom stereocenters. The van der Waals surface area contributed by atoms with Crippen LogP contribution in [0.3, 0.4) is 0 Å². The van der Waals surface area contributed by atoms with Gasteiger partial charge in [-0.3, -0.25) is 0 Å². The normalized spacial score (nSPS) is 17.4. The van der Waals surface area contributed by atoms with E-state index in [0.717, 1.165) is 23.3 Å². The molecule has 0 amide bonds. The van der Waals surface area contributed by atoms with Gasteiger partial charge in [0.05, 0.1) is 54.0 Å². The van der Waals surface area contributed by atoms with Crippen molar-refractivity contribution in [3.8, 4) is 11.4 Å². The Hall–Kier alpha value is -2.53. The van der Waals surface area contributed by atoms with Gasteiger partial charge in [0.25, 0.3) is 0 Å². The van der Waals surface area contributed by atoms with E-state index in [0.29, 0.717) is 42.4 Å². The fourth-order valence-electron chi connectivity index (χ4n) is 3.86. The summed E-state index contributed by atoms with van der Waals surface area (Å²) in [6, 6.07) is 9.38. The average molecular weight is 460 g/mol. The maximum atomic E-state index is 12.6. The van der Waals surface area contributed by atoms with E-state index in [2.05, 4.69) is 16.8 Å². The number of aliphatic hydroxyl groups excluding tert-OH is 1. The lowest BCUT2D eigenvalue weighted by atomic mass is 10.1. The first-order valence-electron chi connectivity index (χ1n) is 10.7. The summed E-state index contributed by atoms with van der Waals surface area (Å²) < 4.78 is 32.1. The Morgan fingerprint density at radius 2 is 2.03 bits per heavy atom. The number of H-pyrrole nitrogens is 1. The molecule has 10 heteroatoms. The number of pyridine rings is 2. The third kappa shape index (κ3) is 4.63. The van der Waals surface area contributed by atoms with Crippen LogP contribution in [0.1, 0.15) is 24.6 Å². The third-order valence-corrected chi connectivity index (χ3v) is 7.54. The van der Waals surface area contributed by atoms with Gasteiger partial charge in [-0.1, -0.05) is 6.92 Å². The first-order valence-corrected chi connectivity index (χ1v) is 12.3. The number of hydrogen-bond donors (Lipinski definition) is 2. The lowest BCUT2D eigenvalue weighted by Gasteiger charge is -2.36. The SMILES string of the molecule is CC[C@H]1COCCN1c1cc(CS(=O)(=O)N(C)C)cc(-c2ccc3[nH]c(CO)cc3n2)n1. The molecular formula is C22H29N5O4S. The zero-order valence-corrected chi connectivity index (χ0v) is 19.4. The highest BCUT2D eigenvalue weighted by molar-refractivity contribution is 7.88. The van der Waals surface area contributed by atoms with E-state index in [-0.39, 0.29) is 18.4 Å². The van der Waals surface area contributed by atoms with Gasteiger partial charge in [0.2, 0.25) is 10.0 Å². The number of rotatable bonds is 7. The molecule has 0 spiro atoms. The lowest BCUT2D eigenvalue weighted by molar-refractivity contribution is 0.0926. The fourth-order valence-corrected chi connectivity index (χ4v) is 4.71. The Labute approximate surface area is 188 Å². The van der Waals surface area contributed by atoms with Crippen LogP contribution in [0.25, 0.3) is 22.4 Å². The summed E-state index contributed by atoms with van der Waals surface area (Å²) in [5.74, 6) is 0.610. The molecule has 1 aliphatic rings. The van der Waals surface area contributed by atoms with Crippen LogP contribution in [0, 0.1) is 0 Å². The van der Waals surface area contributed by atoms with Crippen LogP contribution in [0.15, 0.2) is 30.3 Å². The van der Waals surface area contributed by atoms with Crippen LogP contribution in [-0.4, -0.2) is 72.7 Å². The summed E-state index contributed by atoms with van der Waals surface area (Å²) >= 11 is 0. The Balaban J connectivity index is 1.81. The van der Waals surface area contributed by atoms with E-state index in [1.807, 2.05) is 18.2 Å². The first-order chi connectivity index (χ1) is 15.3. The first kappa shape index (κ1) is 22.7. The van der Waals surface area contributed by atoms with Crippen LogP contribution in [-0.2, 0) is 27.1 Å². The Kier molecular flexibility index (Phi) is 6.47. The number of hydrogen-bond acceptors (Lipinski definition) is 7. The number of aromatic nitrogens is 3. The highest BCUT2D eigenvalue weighted by Gasteiger charge is 2.25. The molecule has 1 atom stereocenters. The van der Waals surface area contributed by atoms with Crippen molar-refractivity contribution in [3.05, 3.63) is 41.6 Å². The van der Waals surface area contributed by atoms with Gasteiger partial charge in [-0.25, -0.2) is 22.7 Å². The smallest absolute Gasteiger partial charge is 0.217 e. The van der Waals surface area contributed by atoms with Gasteiger partial charge in [0.15, 0.2) is 0 Å². The number of fused-ring (bicyclic) bond motifs is 1. The minimum absolute atomic E-state index is 0.0958. The monoisotopic (exact) mass is 459 g/mol. The molecule has 4 rings (SSSR count). The number of anilines is 1. The molecule has 32 heavy (non-hydrogen) atoms. The van der Waals surface area contributed by atoms with Gasteiger partial charge in [-0.05, 0) is 42.3 Å². The number of nitrogens with zero attached hydrogens (tertiary/aromatic N) is 4. The molecular weight excluding hydrogens is 430 g/mol. The van der Waals surface area contributed by atoms with Gasteiger partial charge in [-0.2, -0.15) is 0 Å². The van der Waals surface area contributed by atoms with Crippen molar-refractivity contribution in [3.63, 3.8) is 0 Å². The molecule has 3 aromatic heterocycles. The predicted molar refractivity (Wildman–Crippen MR) is 124 cm³/mol. The number of aliphatic hydroxyl groups is 1. The van der Waals surface area contributed by atoms with E-state index in [4.69, 9.17) is 14.7 Å². The van der Waals surface area contributed by atoms with Crippen LogP contribution >= 0.6 is 0 Å². The van der Waals surface area contributed by atoms with Crippen LogP contribution in [0.5, 0.6) is 0 Å². The maximum absolute atomic E-state index is 12.6. The van der Waals surface area contributed by atoms with Gasteiger partial charge in [0.1, 0.15) is 5.82 Å². The molecule has 4 heterocycles. The topological polar surface area (TPSA) is 112 Å². The van der Waals surface area contributed by atoms with Gasteiger partial charge in [0, 0.05) is 26.3 Å². The minimum Gasteiger partial charge on any atom is -0.390 e. The lowest BCUT2D eigenvalue weighted by Crippen LogP contribution is -2.45. The Morgan fingerprint density at radius 3 is 2.75 bits per heavy atom. The van der Waals surface area contributed by atoms with Crippen molar-refractivity contribution in [2.24, 2.45) is 0 Å². The van der Waals surface area contributed by atoms with Gasteiger partial charge < -0.3 is 19.7 Å². The van der Waals surface area contributed by atoms with Crippen LogP contribution in [0.4, 0.5) is 5.82 Å². The van der Waals surface area contributed by atoms with Crippen molar-refractivity contribution in [1.82, 2.24) is 19.3 Å². The standard InChI is InChI=1S/C22H29N5O4S/c1-4-17-13-31-8-7-27(17)22-10-15(14-32(29,30)26(2)3)9-20(25-22)19-6-5-18-21(24-19)11-16(12-28)23-18/h5-6,9-11,17,23,28H,4,7-8,12-14H2,1-3H3/t17-/m0/s1. The molecule has 9 nitrogen and oxygen atoms in total. The highest BCUT2D eigenvalue weighted by atomic mass is 32.2. The van der Waals surface area contributed by atoms with E-state index >= 15 is 0 Å². The Bertz CT molecular complexity index is 1210. The molecule has 1 saturated heterocycles. The highest BCUT2D eigenvalue weighted by Crippen LogP contribution is 2.28. The van der Waals surface area contributed by atoms with Crippen LogP contribution in [0.2, 0.25) is 0 Å². The second-order valence-electron chi connectivity index (χ2n) is 8.17. The number of morpholine rings is 1. The van der Waals surface area contributed by atoms with Gasteiger partial charge >= 0.3 is 0 Å². The molecule has 1 fully saturated rings. The van der Waals surface area contributed by atoms with E-state index < -0.39 is 10.0 Å². The van der Waals surface area contributed by atoms with Crippen molar-refractivity contribution >= 4 is 26.9 Å². The summed E-state index contributed by atoms with van der Waals surface area (Å²) in [5.41, 5.74) is 4.15. The average Bonchev–Trinajstić information content (AvgIpc) is 3.21. The van der Waals surface area contributed by atoms with Crippen molar-refractivity contribution in [2.75, 3.05) is 38.8 Å². The van der Waals surface area contributed by atoms with Crippen LogP contribution < -0.4 is 4.90 Å². The van der Waals surface area contributed by atoms with E-state index in [1.165, 1.54) is 18.4 Å². The van der Waals surface area contributed by atoms with Gasteiger partial charge in [-0.15, -0.1) is 0 Å². The molecule has 2 N–H and O–H groups in total. The molecule has 3 aromatic rings. The minimum atomic E-state index is -3.44. The van der Waals surface area contributed by atoms with Crippen molar-refractivity contribution < 1.29 is 18.3 Å². The Morgan fingerprint density at radius 1 is 1.22 bits per heavy atom. The molecule has 0 aromatic carbocycles. The third-order valence-electron chi connectivity index (χ3n) is 5.73. The fraction of sp³-hybridized carbons (Fsp3) is 0.455. The summed E-state index contributed by atoms with van der Waals surface area (Å²) in [6.45, 7) is 3.92. The molecule has 0 saturated carbocycles. The quantitative estimate of drug-likeness (QED) is 0.557. The number of sulfonamides is 1. The molecule has 0 bridgehead atoms. The molecule has 0 aliphatic carbocycles. The van der Waals surface area contributed by atoms with E-state index in [9.17, 15) is 13.5 Å². The summed E-state index contributed by atoms with van der Waals surface area (Å²) in [5, 5.41) is 9.40. The van der Waals surface area contributed by atoms with Crippen molar-refractivity contribution in [2.45, 2.75) is 31.7 Å². The number of nitrogens with one attached hydrogen (secondary N) is 1.